The van der Waals surface area contributed by atoms with Crippen LogP contribution in [0.3, 0.4) is 0 Å². The zero-order chi connectivity index (χ0) is 15.6. The lowest BCUT2D eigenvalue weighted by Crippen LogP contribution is -2.28. The second-order valence-corrected chi connectivity index (χ2v) is 5.80. The zero-order valence-corrected chi connectivity index (χ0v) is 12.7. The number of rotatable bonds is 3. The zero-order valence-electron chi connectivity index (χ0n) is 12.7. The number of carbonyl (C=O) groups is 1. The number of amides is 1. The molecule has 0 unspecified atom stereocenters. The number of hydrogen-bond donors (Lipinski definition) is 0. The molecule has 0 spiro atoms. The topological polar surface area (TPSA) is 20.3 Å². The van der Waals surface area contributed by atoms with Crippen molar-refractivity contribution in [1.82, 2.24) is 0 Å². The van der Waals surface area contributed by atoms with Gasteiger partial charge in [-0.25, -0.2) is 0 Å². The van der Waals surface area contributed by atoms with Crippen molar-refractivity contribution in [2.45, 2.75) is 12.5 Å². The van der Waals surface area contributed by atoms with E-state index in [2.05, 4.69) is 18.2 Å². The third-order valence-corrected chi connectivity index (χ3v) is 4.39. The van der Waals surface area contributed by atoms with Crippen LogP contribution in [0.4, 0.5) is 5.69 Å². The predicted octanol–water partition coefficient (Wildman–Crippen LogP) is 4.63. The largest absolute Gasteiger partial charge is 0.301 e. The third kappa shape index (κ3) is 2.42. The second kappa shape index (κ2) is 5.73. The molecule has 2 nitrogen and oxygen atoms in total. The molecular formula is C21H17NO. The van der Waals surface area contributed by atoms with E-state index in [1.807, 2.05) is 71.6 Å². The van der Waals surface area contributed by atoms with Gasteiger partial charge in [0.15, 0.2) is 0 Å². The molecule has 1 heterocycles. The van der Waals surface area contributed by atoms with Gasteiger partial charge in [0.05, 0.1) is 6.04 Å². The molecule has 0 aliphatic carbocycles. The normalized spacial score (nSPS) is 16.4. The molecule has 1 aliphatic rings. The minimum Gasteiger partial charge on any atom is -0.301 e. The Hall–Kier alpha value is -2.87. The first kappa shape index (κ1) is 13.8. The van der Waals surface area contributed by atoms with Gasteiger partial charge in [0.25, 0.3) is 5.91 Å². The van der Waals surface area contributed by atoms with Crippen molar-refractivity contribution in [3.8, 4) is 0 Å². The van der Waals surface area contributed by atoms with Crippen molar-refractivity contribution in [3.63, 3.8) is 0 Å². The number of carbonyl (C=O) groups excluding carboxylic acids is 1. The van der Waals surface area contributed by atoms with Gasteiger partial charge in [0.1, 0.15) is 0 Å². The Labute approximate surface area is 136 Å². The van der Waals surface area contributed by atoms with Crippen LogP contribution in [0.15, 0.2) is 84.9 Å². The maximum Gasteiger partial charge on any atom is 0.259 e. The van der Waals surface area contributed by atoms with Gasteiger partial charge in [-0.3, -0.25) is 4.79 Å². The van der Waals surface area contributed by atoms with Gasteiger partial charge in [0.2, 0.25) is 0 Å². The smallest absolute Gasteiger partial charge is 0.259 e. The molecule has 3 aromatic carbocycles. The van der Waals surface area contributed by atoms with Gasteiger partial charge in [-0.05, 0) is 35.7 Å². The summed E-state index contributed by atoms with van der Waals surface area (Å²) in [5, 5.41) is 0. The van der Waals surface area contributed by atoms with Gasteiger partial charge in [-0.15, -0.1) is 0 Å². The molecule has 0 N–H and O–H groups in total. The maximum absolute atomic E-state index is 12.9. The highest BCUT2D eigenvalue weighted by atomic mass is 16.2. The fourth-order valence-corrected chi connectivity index (χ4v) is 3.32. The lowest BCUT2D eigenvalue weighted by molar-refractivity contribution is 0.0991. The molecule has 112 valence electrons. The first-order valence-corrected chi connectivity index (χ1v) is 7.86. The highest BCUT2D eigenvalue weighted by Gasteiger charge is 2.37. The van der Waals surface area contributed by atoms with Gasteiger partial charge in [-0.1, -0.05) is 66.7 Å². The van der Waals surface area contributed by atoms with E-state index >= 15 is 0 Å². The summed E-state index contributed by atoms with van der Waals surface area (Å²) < 4.78 is 0. The monoisotopic (exact) mass is 299 g/mol. The minimum atomic E-state index is 0.0449. The summed E-state index contributed by atoms with van der Waals surface area (Å²) in [5.41, 5.74) is 4.13. The minimum absolute atomic E-state index is 0.0449. The molecule has 1 atom stereocenters. The van der Waals surface area contributed by atoms with Crippen LogP contribution in [-0.4, -0.2) is 5.91 Å². The predicted molar refractivity (Wildman–Crippen MR) is 92.6 cm³/mol. The van der Waals surface area contributed by atoms with E-state index < -0.39 is 0 Å². The van der Waals surface area contributed by atoms with E-state index in [9.17, 15) is 4.79 Å². The Kier molecular flexibility index (Phi) is 3.43. The molecular weight excluding hydrogens is 282 g/mol. The van der Waals surface area contributed by atoms with Crippen LogP contribution in [0, 0.1) is 0 Å². The first-order chi connectivity index (χ1) is 11.3. The molecule has 1 aliphatic heterocycles. The molecule has 2 heteroatoms. The molecule has 0 bridgehead atoms. The lowest BCUT2D eigenvalue weighted by atomic mass is 9.98. The standard InChI is InChI=1S/C21H17NO/c23-21-19-14-8-7-13-18(19)20(15-16-9-3-1-4-10-16)22(21)17-11-5-2-6-12-17/h1-14,20H,15H2/t20-/m0/s1. The fraction of sp³-hybridized carbons (Fsp3) is 0.0952. The van der Waals surface area contributed by atoms with Crippen molar-refractivity contribution >= 4 is 11.6 Å². The summed E-state index contributed by atoms with van der Waals surface area (Å²) in [6.07, 6.45) is 0.818. The second-order valence-electron chi connectivity index (χ2n) is 5.80. The van der Waals surface area contributed by atoms with E-state index in [4.69, 9.17) is 0 Å². The molecule has 23 heavy (non-hydrogen) atoms. The number of nitrogens with zero attached hydrogens (tertiary/aromatic N) is 1. The summed E-state index contributed by atoms with van der Waals surface area (Å²) in [6.45, 7) is 0. The van der Waals surface area contributed by atoms with Crippen molar-refractivity contribution in [1.29, 1.82) is 0 Å². The molecule has 0 radical (unpaired) electrons. The first-order valence-electron chi connectivity index (χ1n) is 7.86. The highest BCUT2D eigenvalue weighted by Crippen LogP contribution is 2.39. The Balaban J connectivity index is 1.79. The van der Waals surface area contributed by atoms with E-state index in [-0.39, 0.29) is 11.9 Å². The van der Waals surface area contributed by atoms with E-state index in [1.165, 1.54) is 5.56 Å². The average molecular weight is 299 g/mol. The molecule has 0 saturated carbocycles. The van der Waals surface area contributed by atoms with Crippen LogP contribution >= 0.6 is 0 Å². The number of fused-ring (bicyclic) bond motifs is 1. The van der Waals surface area contributed by atoms with Gasteiger partial charge < -0.3 is 4.90 Å². The third-order valence-electron chi connectivity index (χ3n) is 4.39. The van der Waals surface area contributed by atoms with E-state index in [1.54, 1.807) is 0 Å². The molecule has 0 fully saturated rings. The van der Waals surface area contributed by atoms with Crippen molar-refractivity contribution in [2.75, 3.05) is 4.90 Å². The maximum atomic E-state index is 12.9. The Morgan fingerprint density at radius 2 is 1.35 bits per heavy atom. The molecule has 3 aromatic rings. The van der Waals surface area contributed by atoms with Crippen LogP contribution < -0.4 is 4.90 Å². The summed E-state index contributed by atoms with van der Waals surface area (Å²) in [5.74, 6) is 0.0905. The SMILES string of the molecule is O=C1c2ccccc2[C@H](Cc2ccccc2)N1c1ccccc1. The van der Waals surface area contributed by atoms with Crippen molar-refractivity contribution in [3.05, 3.63) is 102 Å². The van der Waals surface area contributed by atoms with Crippen molar-refractivity contribution in [2.24, 2.45) is 0 Å². The van der Waals surface area contributed by atoms with Crippen LogP contribution in [0.25, 0.3) is 0 Å². The van der Waals surface area contributed by atoms with Crippen LogP contribution in [0.5, 0.6) is 0 Å². The van der Waals surface area contributed by atoms with Crippen LogP contribution in [0.2, 0.25) is 0 Å². The number of hydrogen-bond acceptors (Lipinski definition) is 1. The van der Waals surface area contributed by atoms with Gasteiger partial charge in [0, 0.05) is 11.3 Å². The number of anilines is 1. The molecule has 0 aromatic heterocycles. The summed E-state index contributed by atoms with van der Waals surface area (Å²) in [6, 6.07) is 28.3. The average Bonchev–Trinajstić information content (AvgIpc) is 2.89. The van der Waals surface area contributed by atoms with E-state index in [0.717, 1.165) is 23.2 Å². The Morgan fingerprint density at radius 3 is 2.09 bits per heavy atom. The van der Waals surface area contributed by atoms with Gasteiger partial charge in [-0.2, -0.15) is 0 Å². The van der Waals surface area contributed by atoms with Crippen LogP contribution in [0.1, 0.15) is 27.5 Å². The highest BCUT2D eigenvalue weighted by molar-refractivity contribution is 6.11. The quantitative estimate of drug-likeness (QED) is 0.690. The summed E-state index contributed by atoms with van der Waals surface area (Å²) in [4.78, 5) is 14.9. The lowest BCUT2D eigenvalue weighted by Gasteiger charge is -2.25. The van der Waals surface area contributed by atoms with Crippen molar-refractivity contribution < 1.29 is 4.79 Å². The Bertz CT molecular complexity index is 827. The summed E-state index contributed by atoms with van der Waals surface area (Å²) >= 11 is 0. The van der Waals surface area contributed by atoms with Gasteiger partial charge >= 0.3 is 0 Å². The van der Waals surface area contributed by atoms with Crippen LogP contribution in [-0.2, 0) is 6.42 Å². The van der Waals surface area contributed by atoms with E-state index in [0.29, 0.717) is 0 Å². The summed E-state index contributed by atoms with van der Waals surface area (Å²) in [7, 11) is 0. The molecule has 4 rings (SSSR count). The number of benzene rings is 3. The Morgan fingerprint density at radius 1 is 0.739 bits per heavy atom. The molecule has 0 saturated heterocycles. The molecule has 1 amide bonds. The fourth-order valence-electron chi connectivity index (χ4n) is 3.32. The number of para-hydroxylation sites is 1.